The van der Waals surface area contributed by atoms with E-state index in [9.17, 15) is 0 Å². The van der Waals surface area contributed by atoms with E-state index in [4.69, 9.17) is 5.73 Å². The van der Waals surface area contributed by atoms with Gasteiger partial charge >= 0.3 is 0 Å². The Morgan fingerprint density at radius 2 is 2.45 bits per heavy atom. The van der Waals surface area contributed by atoms with Crippen molar-refractivity contribution in [2.45, 2.75) is 19.8 Å². The lowest BCUT2D eigenvalue weighted by molar-refractivity contribution is 0.303. The molecule has 2 N–H and O–H groups in total. The van der Waals surface area contributed by atoms with E-state index in [1.807, 2.05) is 0 Å². The Morgan fingerprint density at radius 3 is 3.09 bits per heavy atom. The fourth-order valence-corrected chi connectivity index (χ4v) is 1.52. The molecule has 0 radical (unpaired) electrons. The minimum atomic E-state index is 0.795. The number of hydrogen-bond acceptors (Lipinski definition) is 2. The molecule has 1 aliphatic rings. The van der Waals surface area contributed by atoms with E-state index < -0.39 is 0 Å². The van der Waals surface area contributed by atoms with Crippen molar-refractivity contribution < 1.29 is 0 Å². The van der Waals surface area contributed by atoms with Gasteiger partial charge in [0.15, 0.2) is 0 Å². The van der Waals surface area contributed by atoms with Gasteiger partial charge in [0.05, 0.1) is 0 Å². The van der Waals surface area contributed by atoms with Crippen molar-refractivity contribution >= 4 is 0 Å². The third-order valence-corrected chi connectivity index (χ3v) is 2.22. The highest BCUT2D eigenvalue weighted by Crippen LogP contribution is 2.11. The molecule has 0 aromatic heterocycles. The zero-order valence-electron chi connectivity index (χ0n) is 7.34. The van der Waals surface area contributed by atoms with E-state index in [0.29, 0.717) is 0 Å². The highest BCUT2D eigenvalue weighted by Gasteiger charge is 2.08. The Kier molecular flexibility index (Phi) is 3.60. The summed E-state index contributed by atoms with van der Waals surface area (Å²) < 4.78 is 0. The summed E-state index contributed by atoms with van der Waals surface area (Å²) in [5, 5.41) is 0. The lowest BCUT2D eigenvalue weighted by Crippen LogP contribution is -2.30. The van der Waals surface area contributed by atoms with Crippen molar-refractivity contribution in [2.75, 3.05) is 26.2 Å². The lowest BCUT2D eigenvalue weighted by Gasteiger charge is -2.25. The largest absolute Gasteiger partial charge is 0.330 e. The van der Waals surface area contributed by atoms with Crippen LogP contribution < -0.4 is 5.73 Å². The van der Waals surface area contributed by atoms with Crippen LogP contribution >= 0.6 is 0 Å². The third-order valence-electron chi connectivity index (χ3n) is 2.22. The maximum absolute atomic E-state index is 5.49. The van der Waals surface area contributed by atoms with Crippen LogP contribution in [0.25, 0.3) is 0 Å². The first-order valence-electron chi connectivity index (χ1n) is 4.47. The van der Waals surface area contributed by atoms with Gasteiger partial charge in [-0.25, -0.2) is 0 Å². The summed E-state index contributed by atoms with van der Waals surface area (Å²) in [7, 11) is 0. The predicted octanol–water partition coefficient (Wildman–Crippen LogP) is 0.987. The van der Waals surface area contributed by atoms with Crippen LogP contribution in [0.15, 0.2) is 11.6 Å². The molecule has 0 amide bonds. The second kappa shape index (κ2) is 4.52. The molecule has 0 aromatic carbocycles. The summed E-state index contributed by atoms with van der Waals surface area (Å²) in [6, 6.07) is 0. The molecule has 11 heavy (non-hydrogen) atoms. The molecule has 0 aliphatic carbocycles. The predicted molar refractivity (Wildman–Crippen MR) is 48.5 cm³/mol. The van der Waals surface area contributed by atoms with Gasteiger partial charge in [-0.05, 0) is 25.9 Å². The maximum Gasteiger partial charge on any atom is 0.0193 e. The molecule has 0 bridgehead atoms. The van der Waals surface area contributed by atoms with Crippen LogP contribution in [-0.2, 0) is 0 Å². The van der Waals surface area contributed by atoms with Gasteiger partial charge in [-0.2, -0.15) is 0 Å². The van der Waals surface area contributed by atoms with E-state index in [1.165, 1.54) is 25.1 Å². The molecule has 0 atom stereocenters. The minimum Gasteiger partial charge on any atom is -0.330 e. The van der Waals surface area contributed by atoms with Crippen molar-refractivity contribution in [3.05, 3.63) is 11.6 Å². The third kappa shape index (κ3) is 2.64. The standard InChI is InChI=1S/C9H18N2/c1-2-11-7-3-4-9(8-11)5-6-10/h4H,2-3,5-8,10H2,1H3. The average Bonchev–Trinajstić information content (AvgIpc) is 2.06. The monoisotopic (exact) mass is 154 g/mol. The zero-order chi connectivity index (χ0) is 8.10. The number of nitrogens with two attached hydrogens (primary N) is 1. The Labute approximate surface area is 69.1 Å². The van der Waals surface area contributed by atoms with Gasteiger partial charge in [0.2, 0.25) is 0 Å². The van der Waals surface area contributed by atoms with Gasteiger partial charge in [0, 0.05) is 13.1 Å². The first kappa shape index (κ1) is 8.75. The number of hydrogen-bond donors (Lipinski definition) is 1. The molecule has 0 spiro atoms. The van der Waals surface area contributed by atoms with Gasteiger partial charge in [0.1, 0.15) is 0 Å². The molecule has 1 rings (SSSR count). The topological polar surface area (TPSA) is 29.3 Å². The van der Waals surface area contributed by atoms with Crippen molar-refractivity contribution in [2.24, 2.45) is 5.73 Å². The van der Waals surface area contributed by atoms with Crippen LogP contribution in [-0.4, -0.2) is 31.1 Å². The quantitative estimate of drug-likeness (QED) is 0.614. The van der Waals surface area contributed by atoms with Gasteiger partial charge in [0.25, 0.3) is 0 Å². The minimum absolute atomic E-state index is 0.795. The SMILES string of the molecule is CCN1CCC=C(CCN)C1. The zero-order valence-corrected chi connectivity index (χ0v) is 7.34. The summed E-state index contributed by atoms with van der Waals surface area (Å²) in [6.45, 7) is 6.55. The number of likely N-dealkylation sites (N-methyl/N-ethyl adjacent to an activating group) is 1. The summed E-state index contributed by atoms with van der Waals surface area (Å²) in [5.41, 5.74) is 7.02. The van der Waals surface area contributed by atoms with E-state index >= 15 is 0 Å². The summed E-state index contributed by atoms with van der Waals surface area (Å²) >= 11 is 0. The molecule has 0 aromatic rings. The van der Waals surface area contributed by atoms with E-state index in [0.717, 1.165) is 19.5 Å². The molecule has 2 heteroatoms. The normalized spacial score (nSPS) is 20.0. The molecule has 0 unspecified atom stereocenters. The van der Waals surface area contributed by atoms with Crippen molar-refractivity contribution in [3.8, 4) is 0 Å². The smallest absolute Gasteiger partial charge is 0.0193 e. The second-order valence-corrected chi connectivity index (χ2v) is 3.06. The Morgan fingerprint density at radius 1 is 1.64 bits per heavy atom. The Balaban J connectivity index is 2.35. The van der Waals surface area contributed by atoms with Gasteiger partial charge in [-0.1, -0.05) is 18.6 Å². The second-order valence-electron chi connectivity index (χ2n) is 3.06. The molecule has 0 fully saturated rings. The highest BCUT2D eigenvalue weighted by molar-refractivity contribution is 5.08. The van der Waals surface area contributed by atoms with Crippen LogP contribution in [0, 0.1) is 0 Å². The van der Waals surface area contributed by atoms with Crippen LogP contribution in [0.5, 0.6) is 0 Å². The van der Waals surface area contributed by atoms with Crippen LogP contribution in [0.2, 0.25) is 0 Å². The first-order valence-corrected chi connectivity index (χ1v) is 4.47. The summed E-state index contributed by atoms with van der Waals surface area (Å²) in [6.07, 6.45) is 4.64. The Hall–Kier alpha value is -0.340. The highest BCUT2D eigenvalue weighted by atomic mass is 15.1. The molecule has 1 heterocycles. The van der Waals surface area contributed by atoms with Crippen LogP contribution in [0.4, 0.5) is 0 Å². The molecular formula is C9H18N2. The van der Waals surface area contributed by atoms with E-state index in [2.05, 4.69) is 17.9 Å². The lowest BCUT2D eigenvalue weighted by atomic mass is 10.1. The van der Waals surface area contributed by atoms with Crippen LogP contribution in [0.1, 0.15) is 19.8 Å². The maximum atomic E-state index is 5.49. The molecule has 2 nitrogen and oxygen atoms in total. The fraction of sp³-hybridized carbons (Fsp3) is 0.778. The van der Waals surface area contributed by atoms with E-state index in [1.54, 1.807) is 0 Å². The average molecular weight is 154 g/mol. The molecular weight excluding hydrogens is 136 g/mol. The Bertz CT molecular complexity index is 140. The van der Waals surface area contributed by atoms with Crippen molar-refractivity contribution in [1.82, 2.24) is 4.90 Å². The number of rotatable bonds is 3. The molecule has 1 aliphatic heterocycles. The summed E-state index contributed by atoms with van der Waals surface area (Å²) in [4.78, 5) is 2.46. The van der Waals surface area contributed by atoms with Crippen LogP contribution in [0.3, 0.4) is 0 Å². The first-order chi connectivity index (χ1) is 5.36. The molecule has 0 saturated carbocycles. The van der Waals surface area contributed by atoms with Crippen molar-refractivity contribution in [3.63, 3.8) is 0 Å². The number of nitrogens with zero attached hydrogens (tertiary/aromatic N) is 1. The van der Waals surface area contributed by atoms with E-state index in [-0.39, 0.29) is 0 Å². The van der Waals surface area contributed by atoms with Gasteiger partial charge in [-0.3, -0.25) is 4.90 Å². The van der Waals surface area contributed by atoms with Gasteiger partial charge < -0.3 is 5.73 Å². The summed E-state index contributed by atoms with van der Waals surface area (Å²) in [5.74, 6) is 0. The van der Waals surface area contributed by atoms with Gasteiger partial charge in [-0.15, -0.1) is 0 Å². The van der Waals surface area contributed by atoms with Crippen molar-refractivity contribution in [1.29, 1.82) is 0 Å². The fourth-order valence-electron chi connectivity index (χ4n) is 1.52. The molecule has 0 saturated heterocycles. The molecule has 64 valence electrons.